The van der Waals surface area contributed by atoms with Crippen LogP contribution in [0.25, 0.3) is 10.9 Å². The average molecular weight is 437 g/mol. The molecule has 2 N–H and O–H groups in total. The van der Waals surface area contributed by atoms with Crippen molar-refractivity contribution < 1.29 is 21.6 Å². The topological polar surface area (TPSA) is 65.2 Å². The van der Waals surface area contributed by atoms with Gasteiger partial charge in [-0.15, -0.1) is 0 Å². The lowest BCUT2D eigenvalue weighted by Crippen LogP contribution is -2.36. The number of hydrogen-bond acceptors (Lipinski definition) is 4. The molecule has 0 aliphatic carbocycles. The maximum atomic E-state index is 13.2. The van der Waals surface area contributed by atoms with Gasteiger partial charge in [-0.2, -0.15) is 13.2 Å². The maximum Gasteiger partial charge on any atom is 0.416 e. The minimum atomic E-state index is -4.55. The molecule has 1 aliphatic heterocycles. The Kier molecular flexibility index (Phi) is 5.27. The summed E-state index contributed by atoms with van der Waals surface area (Å²) >= 11 is 0. The standard InChI is InChI=1S/C21H22F3N3O2S/c1-27-9-7-15(8-10-27)26-16-3-2-4-17(12-16)30(28,29)20-13-25-19-6-5-14(11-18(19)20)21(22,23)24/h2-6,11-13,15,25-26H,7-10H2,1H3. The molecule has 160 valence electrons. The third-order valence-corrected chi connectivity index (χ3v) is 7.29. The predicted octanol–water partition coefficient (Wildman–Crippen LogP) is 4.53. The van der Waals surface area contributed by atoms with Crippen LogP contribution in [0.1, 0.15) is 18.4 Å². The van der Waals surface area contributed by atoms with Crippen molar-refractivity contribution in [2.75, 3.05) is 25.5 Å². The Labute approximate surface area is 172 Å². The molecule has 1 aliphatic rings. The van der Waals surface area contributed by atoms with E-state index >= 15 is 0 Å². The van der Waals surface area contributed by atoms with Crippen molar-refractivity contribution in [2.45, 2.75) is 34.9 Å². The molecule has 2 heterocycles. The molecule has 3 aromatic rings. The van der Waals surface area contributed by atoms with Crippen LogP contribution in [0, 0.1) is 0 Å². The van der Waals surface area contributed by atoms with E-state index in [9.17, 15) is 21.6 Å². The first-order chi connectivity index (χ1) is 14.1. The number of hydrogen-bond donors (Lipinski definition) is 2. The zero-order chi connectivity index (χ0) is 21.5. The summed E-state index contributed by atoms with van der Waals surface area (Å²) in [4.78, 5) is 4.88. The number of sulfone groups is 1. The molecule has 0 saturated carbocycles. The summed E-state index contributed by atoms with van der Waals surface area (Å²) in [7, 11) is -1.94. The summed E-state index contributed by atoms with van der Waals surface area (Å²) in [6, 6.07) is 9.74. The third-order valence-electron chi connectivity index (χ3n) is 5.49. The van der Waals surface area contributed by atoms with E-state index in [0.29, 0.717) is 11.2 Å². The van der Waals surface area contributed by atoms with E-state index in [4.69, 9.17) is 0 Å². The summed E-state index contributed by atoms with van der Waals surface area (Å²) in [5, 5.41) is 3.40. The number of alkyl halides is 3. The number of likely N-dealkylation sites (tertiary alicyclic amines) is 1. The monoisotopic (exact) mass is 437 g/mol. The lowest BCUT2D eigenvalue weighted by atomic mass is 10.1. The maximum absolute atomic E-state index is 13.2. The Morgan fingerprint density at radius 2 is 1.83 bits per heavy atom. The molecule has 2 aromatic carbocycles. The molecule has 0 spiro atoms. The van der Waals surface area contributed by atoms with E-state index < -0.39 is 21.6 Å². The normalized spacial score (nSPS) is 16.8. The lowest BCUT2D eigenvalue weighted by Gasteiger charge is -2.30. The van der Waals surface area contributed by atoms with Crippen molar-refractivity contribution in [3.8, 4) is 0 Å². The van der Waals surface area contributed by atoms with E-state index in [0.717, 1.165) is 38.1 Å². The Morgan fingerprint density at radius 3 is 2.53 bits per heavy atom. The highest BCUT2D eigenvalue weighted by Crippen LogP contribution is 2.35. The minimum Gasteiger partial charge on any atom is -0.382 e. The highest BCUT2D eigenvalue weighted by atomic mass is 32.2. The Hall–Kier alpha value is -2.52. The van der Waals surface area contributed by atoms with Gasteiger partial charge in [0, 0.05) is 28.8 Å². The second-order valence-corrected chi connectivity index (χ2v) is 9.58. The van der Waals surface area contributed by atoms with E-state index in [-0.39, 0.29) is 21.2 Å². The number of piperidine rings is 1. The molecule has 1 aromatic heterocycles. The number of aromatic amines is 1. The first-order valence-corrected chi connectivity index (χ1v) is 11.1. The Bertz CT molecular complexity index is 1160. The quantitative estimate of drug-likeness (QED) is 0.630. The van der Waals surface area contributed by atoms with Gasteiger partial charge in [0.25, 0.3) is 0 Å². The molecule has 1 fully saturated rings. The predicted molar refractivity (Wildman–Crippen MR) is 109 cm³/mol. The summed E-state index contributed by atoms with van der Waals surface area (Å²) < 4.78 is 65.7. The smallest absolute Gasteiger partial charge is 0.382 e. The van der Waals surface area contributed by atoms with Crippen molar-refractivity contribution in [1.29, 1.82) is 0 Å². The molecule has 1 saturated heterocycles. The van der Waals surface area contributed by atoms with Crippen LogP contribution in [0.15, 0.2) is 58.5 Å². The van der Waals surface area contributed by atoms with Gasteiger partial charge >= 0.3 is 6.18 Å². The molecular weight excluding hydrogens is 415 g/mol. The molecule has 9 heteroatoms. The molecule has 0 atom stereocenters. The van der Waals surface area contributed by atoms with Crippen LogP contribution in [0.2, 0.25) is 0 Å². The van der Waals surface area contributed by atoms with E-state index in [1.54, 1.807) is 18.2 Å². The second kappa shape index (κ2) is 7.63. The van der Waals surface area contributed by atoms with E-state index in [1.165, 1.54) is 18.3 Å². The summed E-state index contributed by atoms with van der Waals surface area (Å²) in [5.41, 5.74) is 0.132. The number of H-pyrrole nitrogens is 1. The van der Waals surface area contributed by atoms with Gasteiger partial charge < -0.3 is 15.2 Å². The SMILES string of the molecule is CN1CCC(Nc2cccc(S(=O)(=O)c3c[nH]c4ccc(C(F)(F)F)cc34)c2)CC1. The zero-order valence-corrected chi connectivity index (χ0v) is 17.1. The first-order valence-electron chi connectivity index (χ1n) is 9.63. The number of benzene rings is 2. The fourth-order valence-corrected chi connectivity index (χ4v) is 5.23. The molecule has 0 radical (unpaired) electrons. The van der Waals surface area contributed by atoms with Gasteiger partial charge in [0.15, 0.2) is 0 Å². The van der Waals surface area contributed by atoms with E-state index in [2.05, 4.69) is 22.2 Å². The van der Waals surface area contributed by atoms with Gasteiger partial charge in [-0.3, -0.25) is 0 Å². The number of anilines is 1. The highest BCUT2D eigenvalue weighted by molar-refractivity contribution is 7.91. The van der Waals surface area contributed by atoms with Crippen molar-refractivity contribution >= 4 is 26.4 Å². The number of halogens is 3. The van der Waals surface area contributed by atoms with E-state index in [1.807, 2.05) is 0 Å². The first kappa shape index (κ1) is 20.7. The van der Waals surface area contributed by atoms with Gasteiger partial charge in [0.05, 0.1) is 15.4 Å². The van der Waals surface area contributed by atoms with Gasteiger partial charge in [0.1, 0.15) is 0 Å². The van der Waals surface area contributed by atoms with Crippen molar-refractivity contribution in [1.82, 2.24) is 9.88 Å². The Morgan fingerprint density at radius 1 is 1.10 bits per heavy atom. The number of nitrogens with one attached hydrogen (secondary N) is 2. The lowest BCUT2D eigenvalue weighted by molar-refractivity contribution is -0.137. The van der Waals surface area contributed by atoms with Crippen molar-refractivity contribution in [2.24, 2.45) is 0 Å². The second-order valence-electron chi connectivity index (χ2n) is 7.66. The van der Waals surface area contributed by atoms with Gasteiger partial charge in [0.2, 0.25) is 9.84 Å². The Balaban J connectivity index is 1.67. The molecule has 30 heavy (non-hydrogen) atoms. The van der Waals surface area contributed by atoms with Crippen molar-refractivity contribution in [3.05, 3.63) is 54.2 Å². The zero-order valence-electron chi connectivity index (χ0n) is 16.3. The summed E-state index contributed by atoms with van der Waals surface area (Å²) in [5.74, 6) is 0. The van der Waals surface area contributed by atoms with Crippen LogP contribution < -0.4 is 5.32 Å². The van der Waals surface area contributed by atoms with Crippen LogP contribution in [0.3, 0.4) is 0 Å². The number of fused-ring (bicyclic) bond motifs is 1. The molecule has 5 nitrogen and oxygen atoms in total. The van der Waals surface area contributed by atoms with Crippen LogP contribution in [0.5, 0.6) is 0 Å². The summed E-state index contributed by atoms with van der Waals surface area (Å²) in [6.07, 6.45) is -1.39. The van der Waals surface area contributed by atoms with Gasteiger partial charge in [-0.25, -0.2) is 8.42 Å². The number of nitrogens with zero attached hydrogens (tertiary/aromatic N) is 1. The third kappa shape index (κ3) is 4.04. The van der Waals surface area contributed by atoms with Gasteiger partial charge in [-0.1, -0.05) is 6.07 Å². The molecule has 0 bridgehead atoms. The summed E-state index contributed by atoms with van der Waals surface area (Å²) in [6.45, 7) is 1.93. The fraction of sp³-hybridized carbons (Fsp3) is 0.333. The fourth-order valence-electron chi connectivity index (χ4n) is 3.76. The molecular formula is C21H22F3N3O2S. The highest BCUT2D eigenvalue weighted by Gasteiger charge is 2.32. The molecule has 0 amide bonds. The molecule has 4 rings (SSSR count). The average Bonchev–Trinajstić information content (AvgIpc) is 3.13. The van der Waals surface area contributed by atoms with Gasteiger partial charge in [-0.05, 0) is 69.4 Å². The largest absolute Gasteiger partial charge is 0.416 e. The van der Waals surface area contributed by atoms with Crippen LogP contribution in [0.4, 0.5) is 18.9 Å². The van der Waals surface area contributed by atoms with Crippen LogP contribution in [-0.4, -0.2) is 44.5 Å². The number of aromatic nitrogens is 1. The van der Waals surface area contributed by atoms with Crippen LogP contribution >= 0.6 is 0 Å². The van der Waals surface area contributed by atoms with Crippen LogP contribution in [-0.2, 0) is 16.0 Å². The molecule has 0 unspecified atom stereocenters. The van der Waals surface area contributed by atoms with Crippen molar-refractivity contribution in [3.63, 3.8) is 0 Å². The number of rotatable bonds is 4. The minimum absolute atomic E-state index is 0.0264.